The highest BCUT2D eigenvalue weighted by molar-refractivity contribution is 5.95. The van der Waals surface area contributed by atoms with Crippen LogP contribution >= 0.6 is 0 Å². The first-order valence-electron chi connectivity index (χ1n) is 6.26. The Hall–Kier alpha value is -2.34. The van der Waals surface area contributed by atoms with Crippen LogP contribution in [-0.4, -0.2) is 15.7 Å². The zero-order valence-electron chi connectivity index (χ0n) is 11.8. The molecule has 6 heteroatoms. The molecule has 1 amide bonds. The second kappa shape index (κ2) is 5.75. The maximum Gasteiger partial charge on any atom is 0.265 e. The van der Waals surface area contributed by atoms with Crippen molar-refractivity contribution in [2.24, 2.45) is 12.9 Å². The standard InChI is InChI=1S/C14H18N4O2/c1-9-13(10(2)18(3)17-9)20-8-11-6-4-5-7-12(11)14(19)16-15/h4-7H,8,15H2,1-3H3,(H,16,19). The molecule has 0 unspecified atom stereocenters. The van der Waals surface area contributed by atoms with Gasteiger partial charge in [-0.1, -0.05) is 18.2 Å². The zero-order chi connectivity index (χ0) is 14.7. The molecule has 0 radical (unpaired) electrons. The van der Waals surface area contributed by atoms with Crippen molar-refractivity contribution >= 4 is 5.91 Å². The van der Waals surface area contributed by atoms with Gasteiger partial charge in [-0.15, -0.1) is 0 Å². The summed E-state index contributed by atoms with van der Waals surface area (Å²) >= 11 is 0. The molecular formula is C14H18N4O2. The number of hydrogen-bond acceptors (Lipinski definition) is 4. The van der Waals surface area contributed by atoms with Crippen molar-refractivity contribution in [3.63, 3.8) is 0 Å². The lowest BCUT2D eigenvalue weighted by Crippen LogP contribution is -2.30. The average molecular weight is 274 g/mol. The second-order valence-corrected chi connectivity index (χ2v) is 4.54. The van der Waals surface area contributed by atoms with E-state index in [1.165, 1.54) is 0 Å². The molecule has 0 fully saturated rings. The Labute approximate surface area is 117 Å². The van der Waals surface area contributed by atoms with E-state index in [1.54, 1.807) is 16.8 Å². The Morgan fingerprint density at radius 3 is 2.70 bits per heavy atom. The molecule has 0 atom stereocenters. The van der Waals surface area contributed by atoms with Crippen LogP contribution in [0.3, 0.4) is 0 Å². The predicted molar refractivity (Wildman–Crippen MR) is 75.1 cm³/mol. The van der Waals surface area contributed by atoms with Crippen LogP contribution in [0, 0.1) is 13.8 Å². The van der Waals surface area contributed by atoms with E-state index in [0.717, 1.165) is 22.7 Å². The quantitative estimate of drug-likeness (QED) is 0.499. The first-order chi connectivity index (χ1) is 9.54. The van der Waals surface area contributed by atoms with E-state index < -0.39 is 0 Å². The monoisotopic (exact) mass is 274 g/mol. The van der Waals surface area contributed by atoms with Gasteiger partial charge in [0.15, 0.2) is 5.75 Å². The molecule has 0 saturated heterocycles. The third-order valence-electron chi connectivity index (χ3n) is 3.21. The highest BCUT2D eigenvalue weighted by atomic mass is 16.5. The number of aromatic nitrogens is 2. The van der Waals surface area contributed by atoms with Crippen LogP contribution in [-0.2, 0) is 13.7 Å². The van der Waals surface area contributed by atoms with Gasteiger partial charge in [-0.05, 0) is 19.9 Å². The van der Waals surface area contributed by atoms with E-state index in [1.807, 2.05) is 33.0 Å². The average Bonchev–Trinajstić information content (AvgIpc) is 2.70. The Morgan fingerprint density at radius 1 is 1.40 bits per heavy atom. The fourth-order valence-corrected chi connectivity index (χ4v) is 2.06. The van der Waals surface area contributed by atoms with Gasteiger partial charge in [0.2, 0.25) is 0 Å². The van der Waals surface area contributed by atoms with E-state index in [9.17, 15) is 4.79 Å². The number of rotatable bonds is 4. The molecule has 0 aliphatic rings. The number of benzene rings is 1. The predicted octanol–water partition coefficient (Wildman–Crippen LogP) is 1.22. The van der Waals surface area contributed by atoms with Crippen LogP contribution in [0.1, 0.15) is 27.3 Å². The van der Waals surface area contributed by atoms with Crippen molar-refractivity contribution in [2.45, 2.75) is 20.5 Å². The van der Waals surface area contributed by atoms with Gasteiger partial charge < -0.3 is 4.74 Å². The Balaban J connectivity index is 2.21. The van der Waals surface area contributed by atoms with Gasteiger partial charge >= 0.3 is 0 Å². The molecular weight excluding hydrogens is 256 g/mol. The van der Waals surface area contributed by atoms with Gasteiger partial charge in [0, 0.05) is 18.2 Å². The van der Waals surface area contributed by atoms with Gasteiger partial charge in [0.25, 0.3) is 5.91 Å². The summed E-state index contributed by atoms with van der Waals surface area (Å²) in [5, 5.41) is 4.29. The zero-order valence-corrected chi connectivity index (χ0v) is 11.8. The van der Waals surface area contributed by atoms with E-state index in [0.29, 0.717) is 5.56 Å². The molecule has 0 saturated carbocycles. The number of nitrogens with two attached hydrogens (primary N) is 1. The van der Waals surface area contributed by atoms with Gasteiger partial charge in [-0.25, -0.2) is 5.84 Å². The summed E-state index contributed by atoms with van der Waals surface area (Å²) < 4.78 is 7.57. The summed E-state index contributed by atoms with van der Waals surface area (Å²) in [5.74, 6) is 5.59. The summed E-state index contributed by atoms with van der Waals surface area (Å²) in [6.45, 7) is 4.12. The fourth-order valence-electron chi connectivity index (χ4n) is 2.06. The van der Waals surface area contributed by atoms with E-state index in [4.69, 9.17) is 10.6 Å². The number of ether oxygens (including phenoxy) is 1. The molecule has 6 nitrogen and oxygen atoms in total. The molecule has 1 heterocycles. The molecule has 0 aliphatic carbocycles. The summed E-state index contributed by atoms with van der Waals surface area (Å²) in [6, 6.07) is 7.19. The maximum absolute atomic E-state index is 11.7. The SMILES string of the molecule is Cc1nn(C)c(C)c1OCc1ccccc1C(=O)NN. The van der Waals surface area contributed by atoms with Crippen molar-refractivity contribution < 1.29 is 9.53 Å². The largest absolute Gasteiger partial charge is 0.485 e. The molecule has 3 N–H and O–H groups in total. The minimum atomic E-state index is -0.330. The molecule has 2 rings (SSSR count). The Kier molecular flexibility index (Phi) is 4.05. The number of nitrogen functional groups attached to an aromatic ring is 1. The topological polar surface area (TPSA) is 82.2 Å². The molecule has 1 aromatic carbocycles. The van der Waals surface area contributed by atoms with Crippen LogP contribution in [0.25, 0.3) is 0 Å². The first-order valence-corrected chi connectivity index (χ1v) is 6.26. The van der Waals surface area contributed by atoms with Gasteiger partial charge in [-0.3, -0.25) is 14.9 Å². The van der Waals surface area contributed by atoms with Crippen molar-refractivity contribution in [1.29, 1.82) is 0 Å². The highest BCUT2D eigenvalue weighted by Crippen LogP contribution is 2.23. The lowest BCUT2D eigenvalue weighted by Gasteiger charge is -2.10. The lowest BCUT2D eigenvalue weighted by molar-refractivity contribution is 0.0951. The van der Waals surface area contributed by atoms with Crippen molar-refractivity contribution in [3.05, 3.63) is 46.8 Å². The number of carbonyl (C=O) groups excluding carboxylic acids is 1. The summed E-state index contributed by atoms with van der Waals surface area (Å²) in [7, 11) is 1.87. The molecule has 0 spiro atoms. The van der Waals surface area contributed by atoms with E-state index >= 15 is 0 Å². The third kappa shape index (κ3) is 2.65. The summed E-state index contributed by atoms with van der Waals surface area (Å²) in [4.78, 5) is 11.7. The summed E-state index contributed by atoms with van der Waals surface area (Å²) in [5.41, 5.74) is 5.19. The second-order valence-electron chi connectivity index (χ2n) is 4.54. The van der Waals surface area contributed by atoms with Gasteiger partial charge in [-0.2, -0.15) is 5.10 Å². The minimum absolute atomic E-state index is 0.289. The number of hydrazine groups is 1. The third-order valence-corrected chi connectivity index (χ3v) is 3.21. The summed E-state index contributed by atoms with van der Waals surface area (Å²) in [6.07, 6.45) is 0. The molecule has 2 aromatic rings. The van der Waals surface area contributed by atoms with E-state index in [2.05, 4.69) is 10.5 Å². The number of hydrogen-bond donors (Lipinski definition) is 2. The smallest absolute Gasteiger partial charge is 0.265 e. The normalized spacial score (nSPS) is 10.4. The number of nitrogens with zero attached hydrogens (tertiary/aromatic N) is 2. The van der Waals surface area contributed by atoms with Crippen molar-refractivity contribution in [3.8, 4) is 5.75 Å². The van der Waals surface area contributed by atoms with E-state index in [-0.39, 0.29) is 12.5 Å². The molecule has 0 aliphatic heterocycles. The Bertz CT molecular complexity index is 634. The fraction of sp³-hybridized carbons (Fsp3) is 0.286. The molecule has 1 aromatic heterocycles. The number of carbonyl (C=O) groups is 1. The highest BCUT2D eigenvalue weighted by Gasteiger charge is 2.13. The van der Waals surface area contributed by atoms with Crippen LogP contribution in [0.5, 0.6) is 5.75 Å². The number of nitrogens with one attached hydrogen (secondary N) is 1. The van der Waals surface area contributed by atoms with Crippen LogP contribution in [0.2, 0.25) is 0 Å². The van der Waals surface area contributed by atoms with Crippen molar-refractivity contribution in [2.75, 3.05) is 0 Å². The number of amides is 1. The first kappa shape index (κ1) is 14.1. The van der Waals surface area contributed by atoms with Crippen LogP contribution < -0.4 is 16.0 Å². The number of aryl methyl sites for hydroxylation is 2. The molecule has 0 bridgehead atoms. The van der Waals surface area contributed by atoms with Crippen molar-refractivity contribution in [1.82, 2.24) is 15.2 Å². The molecule has 20 heavy (non-hydrogen) atoms. The minimum Gasteiger partial charge on any atom is -0.485 e. The maximum atomic E-state index is 11.7. The van der Waals surface area contributed by atoms with Crippen LogP contribution in [0.4, 0.5) is 0 Å². The van der Waals surface area contributed by atoms with Crippen LogP contribution in [0.15, 0.2) is 24.3 Å². The Morgan fingerprint density at radius 2 is 2.10 bits per heavy atom. The lowest BCUT2D eigenvalue weighted by atomic mass is 10.1. The van der Waals surface area contributed by atoms with Gasteiger partial charge in [0.1, 0.15) is 12.3 Å². The molecule has 106 valence electrons. The van der Waals surface area contributed by atoms with Gasteiger partial charge in [0.05, 0.1) is 5.69 Å².